The van der Waals surface area contributed by atoms with Crippen LogP contribution < -0.4 is 4.74 Å². The molecule has 36 heavy (non-hydrogen) atoms. The Hall–Kier alpha value is -2.68. The Bertz CT molecular complexity index is 1370. The number of benzene rings is 2. The molecule has 2 aromatic carbocycles. The van der Waals surface area contributed by atoms with Gasteiger partial charge in [0.05, 0.1) is 12.1 Å². The lowest BCUT2D eigenvalue weighted by atomic mass is 9.99. The first kappa shape index (κ1) is 25.0. The van der Waals surface area contributed by atoms with Crippen LogP contribution >= 0.6 is 11.8 Å². The lowest BCUT2D eigenvalue weighted by Gasteiger charge is -2.28. The molecule has 1 saturated carbocycles. The fourth-order valence-electron chi connectivity index (χ4n) is 4.53. The van der Waals surface area contributed by atoms with Crippen LogP contribution in [0.5, 0.6) is 5.75 Å². The SMILES string of the molecule is CCN(CCCOc1ccc(-c2cccc(SC3CC3)c2)c2c1[nH]c1ncc(C)cc12)C(F)(F)CO. The van der Waals surface area contributed by atoms with Crippen molar-refractivity contribution in [2.75, 3.05) is 26.3 Å². The molecule has 2 aromatic heterocycles. The van der Waals surface area contributed by atoms with Crippen molar-refractivity contribution in [3.63, 3.8) is 0 Å². The van der Waals surface area contributed by atoms with Crippen LogP contribution in [0.1, 0.15) is 31.7 Å². The van der Waals surface area contributed by atoms with E-state index in [4.69, 9.17) is 9.84 Å². The fourth-order valence-corrected chi connectivity index (χ4v) is 5.64. The highest BCUT2D eigenvalue weighted by Gasteiger charge is 2.34. The number of ether oxygens (including phenoxy) is 1. The highest BCUT2D eigenvalue weighted by Crippen LogP contribution is 2.42. The molecule has 2 N–H and O–H groups in total. The van der Waals surface area contributed by atoms with Gasteiger partial charge in [0.25, 0.3) is 0 Å². The first-order valence-corrected chi connectivity index (χ1v) is 13.3. The summed E-state index contributed by atoms with van der Waals surface area (Å²) in [4.78, 5) is 10.3. The molecular formula is C28H31F2N3O2S. The van der Waals surface area contributed by atoms with Crippen molar-refractivity contribution in [3.05, 3.63) is 54.2 Å². The number of thioether (sulfide) groups is 1. The third kappa shape index (κ3) is 5.21. The molecule has 0 unspecified atom stereocenters. The summed E-state index contributed by atoms with van der Waals surface area (Å²) in [5, 5.41) is 11.8. The topological polar surface area (TPSA) is 61.4 Å². The zero-order valence-electron chi connectivity index (χ0n) is 20.6. The molecule has 0 saturated heterocycles. The number of aliphatic hydroxyl groups is 1. The van der Waals surface area contributed by atoms with E-state index in [0.29, 0.717) is 12.2 Å². The Morgan fingerprint density at radius 2 is 2.06 bits per heavy atom. The first-order valence-electron chi connectivity index (χ1n) is 12.4. The van der Waals surface area contributed by atoms with Gasteiger partial charge in [-0.15, -0.1) is 11.8 Å². The largest absolute Gasteiger partial charge is 0.491 e. The molecule has 0 amide bonds. The molecule has 5 rings (SSSR count). The molecule has 1 fully saturated rings. The van der Waals surface area contributed by atoms with Gasteiger partial charge in [0.15, 0.2) is 0 Å². The molecule has 0 bridgehead atoms. The number of alkyl halides is 2. The number of nitrogens with zero attached hydrogens (tertiary/aromatic N) is 2. The quantitative estimate of drug-likeness (QED) is 0.175. The van der Waals surface area contributed by atoms with Gasteiger partial charge in [-0.1, -0.05) is 19.1 Å². The number of nitrogens with one attached hydrogen (secondary N) is 1. The number of aliphatic hydroxyl groups excluding tert-OH is 1. The van der Waals surface area contributed by atoms with Gasteiger partial charge >= 0.3 is 6.05 Å². The minimum Gasteiger partial charge on any atom is -0.491 e. The number of pyridine rings is 1. The summed E-state index contributed by atoms with van der Waals surface area (Å²) in [5.41, 5.74) is 4.96. The number of hydrogen-bond donors (Lipinski definition) is 2. The Labute approximate surface area is 213 Å². The number of aryl methyl sites for hydroxylation is 1. The summed E-state index contributed by atoms with van der Waals surface area (Å²) in [6, 6.07) is 11.6. The average molecular weight is 512 g/mol. The second-order valence-corrected chi connectivity index (χ2v) is 10.7. The zero-order chi connectivity index (χ0) is 25.3. The minimum atomic E-state index is -3.23. The summed E-state index contributed by atoms with van der Waals surface area (Å²) in [6.45, 7) is 3.05. The Kier molecular flexibility index (Phi) is 7.19. The molecule has 0 radical (unpaired) electrons. The van der Waals surface area contributed by atoms with Crippen LogP contribution in [0.2, 0.25) is 0 Å². The molecule has 0 atom stereocenters. The average Bonchev–Trinajstić information content (AvgIpc) is 3.61. The predicted molar refractivity (Wildman–Crippen MR) is 142 cm³/mol. The normalized spacial score (nSPS) is 14.3. The molecule has 5 nitrogen and oxygen atoms in total. The number of H-pyrrole nitrogens is 1. The second-order valence-electron chi connectivity index (χ2n) is 9.35. The van der Waals surface area contributed by atoms with Gasteiger partial charge in [0.2, 0.25) is 0 Å². The Morgan fingerprint density at radius 3 is 2.81 bits per heavy atom. The van der Waals surface area contributed by atoms with E-state index in [1.165, 1.54) is 17.7 Å². The summed E-state index contributed by atoms with van der Waals surface area (Å²) < 4.78 is 33.8. The van der Waals surface area contributed by atoms with Crippen molar-refractivity contribution >= 4 is 33.7 Å². The van der Waals surface area contributed by atoms with Crippen molar-refractivity contribution in [2.45, 2.75) is 49.3 Å². The minimum absolute atomic E-state index is 0.129. The number of halogens is 2. The molecule has 8 heteroatoms. The van der Waals surface area contributed by atoms with Crippen LogP contribution in [-0.4, -0.2) is 57.6 Å². The molecule has 190 valence electrons. The third-order valence-electron chi connectivity index (χ3n) is 6.54. The van der Waals surface area contributed by atoms with E-state index in [9.17, 15) is 8.78 Å². The molecule has 0 spiro atoms. The number of rotatable bonds is 11. The highest BCUT2D eigenvalue weighted by atomic mass is 32.2. The van der Waals surface area contributed by atoms with Crippen molar-refractivity contribution in [1.29, 1.82) is 0 Å². The first-order chi connectivity index (χ1) is 17.4. The van der Waals surface area contributed by atoms with Gasteiger partial charge in [-0.25, -0.2) is 9.88 Å². The van der Waals surface area contributed by atoms with E-state index in [1.54, 1.807) is 6.92 Å². The van der Waals surface area contributed by atoms with E-state index in [0.717, 1.165) is 48.8 Å². The van der Waals surface area contributed by atoms with Crippen LogP contribution in [0.25, 0.3) is 33.1 Å². The van der Waals surface area contributed by atoms with E-state index in [1.807, 2.05) is 30.9 Å². The zero-order valence-corrected chi connectivity index (χ0v) is 21.4. The summed E-state index contributed by atoms with van der Waals surface area (Å²) >= 11 is 1.94. The summed E-state index contributed by atoms with van der Waals surface area (Å²) in [6.07, 6.45) is 4.81. The van der Waals surface area contributed by atoms with Crippen molar-refractivity contribution in [1.82, 2.24) is 14.9 Å². The lowest BCUT2D eigenvalue weighted by Crippen LogP contribution is -2.45. The van der Waals surface area contributed by atoms with Crippen molar-refractivity contribution in [3.8, 4) is 16.9 Å². The maximum atomic E-state index is 13.9. The second kappa shape index (κ2) is 10.4. The molecular weight excluding hydrogens is 480 g/mol. The predicted octanol–water partition coefficient (Wildman–Crippen LogP) is 6.62. The number of aromatic nitrogens is 2. The van der Waals surface area contributed by atoms with Crippen LogP contribution in [0, 0.1) is 6.92 Å². The number of aromatic amines is 1. The number of hydrogen-bond acceptors (Lipinski definition) is 5. The number of likely N-dealkylation sites (N-methyl/N-ethyl adjacent to an activating group) is 1. The number of fused-ring (bicyclic) bond motifs is 3. The standard InChI is InChI=1S/C28H31F2N3O2S/c1-3-33(28(29,30)17-34)12-5-13-35-24-11-10-22(19-6-4-7-21(15-19)36-20-8-9-20)25-23-14-18(2)16-31-27(23)32-26(24)25/h4,6-7,10-11,14-16,20,34H,3,5,8-9,12-13,17H2,1-2H3,(H,31,32). The summed E-state index contributed by atoms with van der Waals surface area (Å²) in [5.74, 6) is 0.671. The lowest BCUT2D eigenvalue weighted by molar-refractivity contribution is -0.172. The summed E-state index contributed by atoms with van der Waals surface area (Å²) in [7, 11) is 0. The maximum absolute atomic E-state index is 13.9. The van der Waals surface area contributed by atoms with Gasteiger partial charge < -0.3 is 14.8 Å². The van der Waals surface area contributed by atoms with Crippen LogP contribution in [0.3, 0.4) is 0 Å². The molecule has 0 aliphatic heterocycles. The Balaban J connectivity index is 1.45. The van der Waals surface area contributed by atoms with Gasteiger partial charge in [-0.3, -0.25) is 0 Å². The van der Waals surface area contributed by atoms with E-state index < -0.39 is 12.7 Å². The smallest absolute Gasteiger partial charge is 0.327 e. The van der Waals surface area contributed by atoms with Crippen LogP contribution in [-0.2, 0) is 0 Å². The van der Waals surface area contributed by atoms with Crippen LogP contribution in [0.4, 0.5) is 8.78 Å². The fraction of sp³-hybridized carbons (Fsp3) is 0.393. The van der Waals surface area contributed by atoms with Gasteiger partial charge in [-0.2, -0.15) is 8.78 Å². The molecule has 1 aliphatic carbocycles. The molecule has 2 heterocycles. The molecule has 1 aliphatic rings. The van der Waals surface area contributed by atoms with Crippen molar-refractivity contribution in [2.24, 2.45) is 0 Å². The monoisotopic (exact) mass is 511 g/mol. The van der Waals surface area contributed by atoms with Crippen LogP contribution in [0.15, 0.2) is 53.6 Å². The van der Waals surface area contributed by atoms with Gasteiger partial charge in [0.1, 0.15) is 18.0 Å². The van der Waals surface area contributed by atoms with E-state index in [2.05, 4.69) is 46.4 Å². The molecule has 4 aromatic rings. The van der Waals surface area contributed by atoms with E-state index in [-0.39, 0.29) is 19.7 Å². The van der Waals surface area contributed by atoms with Gasteiger partial charge in [0, 0.05) is 40.2 Å². The Morgan fingerprint density at radius 1 is 1.22 bits per heavy atom. The van der Waals surface area contributed by atoms with Gasteiger partial charge in [-0.05, 0) is 73.2 Å². The maximum Gasteiger partial charge on any atom is 0.327 e. The van der Waals surface area contributed by atoms with E-state index >= 15 is 0 Å². The van der Waals surface area contributed by atoms with Crippen molar-refractivity contribution < 1.29 is 18.6 Å². The highest BCUT2D eigenvalue weighted by molar-refractivity contribution is 8.00. The third-order valence-corrected chi connectivity index (χ3v) is 7.87.